The second-order valence-corrected chi connectivity index (χ2v) is 3.98. The molecule has 0 radical (unpaired) electrons. The molecule has 3 rings (SSSR count). The van der Waals surface area contributed by atoms with Crippen molar-refractivity contribution in [1.29, 1.82) is 0 Å². The van der Waals surface area contributed by atoms with Crippen LogP contribution in [0.2, 0.25) is 0 Å². The van der Waals surface area contributed by atoms with Gasteiger partial charge in [-0.15, -0.1) is 6.58 Å². The van der Waals surface area contributed by atoms with Crippen molar-refractivity contribution in [1.82, 2.24) is 4.57 Å². The fourth-order valence-corrected chi connectivity index (χ4v) is 2.18. The standard InChI is InChI=1S/C15H13NO/c1-2-9-16-10-8-12-5-3-6-13(15(12)16)14-7-4-11-17-14/h2-8,10-11H,1,9H2. The third-order valence-electron chi connectivity index (χ3n) is 2.90. The second-order valence-electron chi connectivity index (χ2n) is 3.98. The predicted octanol–water partition coefficient (Wildman–Crippen LogP) is 4.09. The first-order chi connectivity index (χ1) is 8.40. The fourth-order valence-electron chi connectivity index (χ4n) is 2.18. The summed E-state index contributed by atoms with van der Waals surface area (Å²) in [5, 5.41) is 1.22. The second kappa shape index (κ2) is 3.98. The van der Waals surface area contributed by atoms with E-state index in [4.69, 9.17) is 4.42 Å². The van der Waals surface area contributed by atoms with Gasteiger partial charge in [0.2, 0.25) is 0 Å². The quantitative estimate of drug-likeness (QED) is 0.612. The highest BCUT2D eigenvalue weighted by Crippen LogP contribution is 2.29. The average Bonchev–Trinajstić information content (AvgIpc) is 2.98. The summed E-state index contributed by atoms with van der Waals surface area (Å²) in [6, 6.07) is 12.3. The van der Waals surface area contributed by atoms with Gasteiger partial charge in [-0.1, -0.05) is 18.2 Å². The van der Waals surface area contributed by atoms with E-state index in [2.05, 4.69) is 41.6 Å². The Hall–Kier alpha value is -2.22. The summed E-state index contributed by atoms with van der Waals surface area (Å²) < 4.78 is 7.67. The molecule has 2 heterocycles. The number of rotatable bonds is 3. The van der Waals surface area contributed by atoms with Crippen LogP contribution < -0.4 is 0 Å². The van der Waals surface area contributed by atoms with Crippen LogP contribution in [0.3, 0.4) is 0 Å². The molecule has 1 aromatic carbocycles. The van der Waals surface area contributed by atoms with E-state index in [1.165, 1.54) is 10.9 Å². The zero-order chi connectivity index (χ0) is 11.7. The van der Waals surface area contributed by atoms with Gasteiger partial charge in [0.25, 0.3) is 0 Å². The van der Waals surface area contributed by atoms with Crippen LogP contribution in [0.15, 0.2) is 65.9 Å². The van der Waals surface area contributed by atoms with Crippen molar-refractivity contribution in [3.05, 3.63) is 61.5 Å². The summed E-state index contributed by atoms with van der Waals surface area (Å²) in [5.74, 6) is 0.902. The van der Waals surface area contributed by atoms with Crippen LogP contribution in [-0.4, -0.2) is 4.57 Å². The molecule has 17 heavy (non-hydrogen) atoms. The number of allylic oxidation sites excluding steroid dienone is 1. The summed E-state index contributed by atoms with van der Waals surface area (Å²) in [6.45, 7) is 4.60. The maximum Gasteiger partial charge on any atom is 0.135 e. The number of para-hydroxylation sites is 1. The average molecular weight is 223 g/mol. The van der Waals surface area contributed by atoms with Crippen molar-refractivity contribution in [2.24, 2.45) is 0 Å². The molecule has 0 saturated heterocycles. The van der Waals surface area contributed by atoms with Gasteiger partial charge in [-0.3, -0.25) is 0 Å². The third-order valence-corrected chi connectivity index (χ3v) is 2.90. The van der Waals surface area contributed by atoms with Gasteiger partial charge in [-0.2, -0.15) is 0 Å². The number of hydrogen-bond donors (Lipinski definition) is 0. The first kappa shape index (κ1) is 9.97. The molecule has 0 aliphatic carbocycles. The maximum absolute atomic E-state index is 5.49. The van der Waals surface area contributed by atoms with Gasteiger partial charge in [-0.25, -0.2) is 0 Å². The van der Waals surface area contributed by atoms with E-state index in [-0.39, 0.29) is 0 Å². The number of nitrogens with zero attached hydrogens (tertiary/aromatic N) is 1. The van der Waals surface area contributed by atoms with Crippen LogP contribution in [0, 0.1) is 0 Å². The normalized spacial score (nSPS) is 10.8. The number of benzene rings is 1. The highest BCUT2D eigenvalue weighted by Gasteiger charge is 2.09. The SMILES string of the molecule is C=CCn1ccc2cccc(-c3ccco3)c21. The molecule has 0 N–H and O–H groups in total. The molecule has 0 aliphatic rings. The lowest BCUT2D eigenvalue weighted by molar-refractivity contribution is 0.582. The van der Waals surface area contributed by atoms with Crippen molar-refractivity contribution in [3.63, 3.8) is 0 Å². The molecule has 0 spiro atoms. The van der Waals surface area contributed by atoms with Gasteiger partial charge < -0.3 is 8.98 Å². The Morgan fingerprint density at radius 2 is 2.12 bits per heavy atom. The van der Waals surface area contributed by atoms with Crippen molar-refractivity contribution in [2.45, 2.75) is 6.54 Å². The molecule has 3 aromatic rings. The van der Waals surface area contributed by atoms with Gasteiger partial charge in [0, 0.05) is 23.7 Å². The number of furan rings is 1. The van der Waals surface area contributed by atoms with Crippen LogP contribution in [0.1, 0.15) is 0 Å². The lowest BCUT2D eigenvalue weighted by Crippen LogP contribution is -1.93. The lowest BCUT2D eigenvalue weighted by Gasteiger charge is -2.06. The number of aromatic nitrogens is 1. The molecule has 0 aliphatic heterocycles. The monoisotopic (exact) mass is 223 g/mol. The molecule has 0 fully saturated rings. The van der Waals surface area contributed by atoms with Crippen LogP contribution in [0.4, 0.5) is 0 Å². The van der Waals surface area contributed by atoms with E-state index in [1.54, 1.807) is 6.26 Å². The Kier molecular flexibility index (Phi) is 2.33. The lowest BCUT2D eigenvalue weighted by atomic mass is 10.1. The third kappa shape index (κ3) is 1.58. The molecule has 2 nitrogen and oxygen atoms in total. The maximum atomic E-state index is 5.49. The molecule has 2 aromatic heterocycles. The smallest absolute Gasteiger partial charge is 0.135 e. The Bertz CT molecular complexity index is 647. The zero-order valence-corrected chi connectivity index (χ0v) is 9.47. The first-order valence-electron chi connectivity index (χ1n) is 5.63. The van der Waals surface area contributed by atoms with E-state index in [0.717, 1.165) is 17.9 Å². The van der Waals surface area contributed by atoms with E-state index >= 15 is 0 Å². The minimum absolute atomic E-state index is 0.807. The highest BCUT2D eigenvalue weighted by molar-refractivity contribution is 5.93. The number of hydrogen-bond acceptors (Lipinski definition) is 1. The van der Waals surface area contributed by atoms with E-state index in [1.807, 2.05) is 18.2 Å². The predicted molar refractivity (Wildman–Crippen MR) is 69.8 cm³/mol. The van der Waals surface area contributed by atoms with E-state index in [9.17, 15) is 0 Å². The summed E-state index contributed by atoms with van der Waals surface area (Å²) >= 11 is 0. The van der Waals surface area contributed by atoms with Crippen molar-refractivity contribution < 1.29 is 4.42 Å². The fraction of sp³-hybridized carbons (Fsp3) is 0.0667. The van der Waals surface area contributed by atoms with Gasteiger partial charge in [0.05, 0.1) is 11.8 Å². The molecule has 84 valence electrons. The Morgan fingerprint density at radius 1 is 1.18 bits per heavy atom. The highest BCUT2D eigenvalue weighted by atomic mass is 16.3. The van der Waals surface area contributed by atoms with Crippen molar-refractivity contribution in [3.8, 4) is 11.3 Å². The van der Waals surface area contributed by atoms with E-state index < -0.39 is 0 Å². The first-order valence-corrected chi connectivity index (χ1v) is 5.63. The van der Waals surface area contributed by atoms with Gasteiger partial charge >= 0.3 is 0 Å². The van der Waals surface area contributed by atoms with Gasteiger partial charge in [0.1, 0.15) is 5.76 Å². The molecule has 0 saturated carbocycles. The minimum Gasteiger partial charge on any atom is -0.464 e. The Labute approximate surface area is 99.8 Å². The zero-order valence-electron chi connectivity index (χ0n) is 9.47. The molecular weight excluding hydrogens is 210 g/mol. The molecule has 0 atom stereocenters. The minimum atomic E-state index is 0.807. The molecule has 0 unspecified atom stereocenters. The Morgan fingerprint density at radius 3 is 2.88 bits per heavy atom. The van der Waals surface area contributed by atoms with Crippen LogP contribution >= 0.6 is 0 Å². The molecular formula is C15H13NO. The van der Waals surface area contributed by atoms with Crippen LogP contribution in [0.25, 0.3) is 22.2 Å². The van der Waals surface area contributed by atoms with Crippen molar-refractivity contribution in [2.75, 3.05) is 0 Å². The van der Waals surface area contributed by atoms with Gasteiger partial charge in [0.15, 0.2) is 0 Å². The Balaban J connectivity index is 2.30. The molecule has 2 heteroatoms. The van der Waals surface area contributed by atoms with Gasteiger partial charge in [-0.05, 0) is 24.3 Å². The topological polar surface area (TPSA) is 18.1 Å². The summed E-state index contributed by atoms with van der Waals surface area (Å²) in [6.07, 6.45) is 5.69. The van der Waals surface area contributed by atoms with Crippen LogP contribution in [0.5, 0.6) is 0 Å². The summed E-state index contributed by atoms with van der Waals surface area (Å²) in [7, 11) is 0. The largest absolute Gasteiger partial charge is 0.464 e. The summed E-state index contributed by atoms with van der Waals surface area (Å²) in [4.78, 5) is 0. The molecule has 0 amide bonds. The van der Waals surface area contributed by atoms with E-state index in [0.29, 0.717) is 0 Å². The van der Waals surface area contributed by atoms with Crippen LogP contribution in [-0.2, 0) is 6.54 Å². The van der Waals surface area contributed by atoms with Crippen molar-refractivity contribution >= 4 is 10.9 Å². The summed E-state index contributed by atoms with van der Waals surface area (Å²) in [5.41, 5.74) is 2.32. The number of fused-ring (bicyclic) bond motifs is 1. The molecule has 0 bridgehead atoms.